The molecule has 1 amide bonds. The summed E-state index contributed by atoms with van der Waals surface area (Å²) in [7, 11) is 1.31. The smallest absolute Gasteiger partial charge is 0.356 e. The fraction of sp³-hybridized carbons (Fsp3) is 0.250. The third kappa shape index (κ3) is 4.36. The van der Waals surface area contributed by atoms with Crippen LogP contribution in [0.3, 0.4) is 0 Å². The minimum Gasteiger partial charge on any atom is -0.464 e. The lowest BCUT2D eigenvalue weighted by molar-refractivity contribution is -0.117. The molecule has 1 aliphatic heterocycles. The highest BCUT2D eigenvalue weighted by Gasteiger charge is 2.33. The molecular weight excluding hydrogens is 420 g/mol. The van der Waals surface area contributed by atoms with Crippen molar-refractivity contribution < 1.29 is 14.3 Å². The molecule has 3 heterocycles. The molecule has 1 aromatic carbocycles. The van der Waals surface area contributed by atoms with Crippen molar-refractivity contribution >= 4 is 23.4 Å². The number of pyridine rings is 1. The second-order valence-electron chi connectivity index (χ2n) is 7.77. The van der Waals surface area contributed by atoms with Gasteiger partial charge in [0, 0.05) is 30.4 Å². The molecule has 0 spiro atoms. The maximum Gasteiger partial charge on any atom is 0.356 e. The second-order valence-corrected chi connectivity index (χ2v) is 7.77. The summed E-state index contributed by atoms with van der Waals surface area (Å²) in [4.78, 5) is 38.4. The van der Waals surface area contributed by atoms with E-state index in [9.17, 15) is 9.59 Å². The molecule has 1 N–H and O–H groups in total. The zero-order valence-corrected chi connectivity index (χ0v) is 18.4. The van der Waals surface area contributed by atoms with E-state index < -0.39 is 5.97 Å². The molecule has 4 rings (SSSR count). The Kier molecular flexibility index (Phi) is 6.00. The Morgan fingerprint density at radius 2 is 1.91 bits per heavy atom. The van der Waals surface area contributed by atoms with Gasteiger partial charge in [0.05, 0.1) is 25.5 Å². The summed E-state index contributed by atoms with van der Waals surface area (Å²) in [6, 6.07) is 11.1. The molecule has 2 atom stereocenters. The number of nitrogens with one attached hydrogen (secondary N) is 1. The summed E-state index contributed by atoms with van der Waals surface area (Å²) < 4.78 is 4.71. The number of esters is 1. The maximum absolute atomic E-state index is 12.4. The van der Waals surface area contributed by atoms with Gasteiger partial charge in [-0.3, -0.25) is 4.79 Å². The van der Waals surface area contributed by atoms with Gasteiger partial charge in [-0.2, -0.15) is 5.26 Å². The second kappa shape index (κ2) is 9.04. The quantitative estimate of drug-likeness (QED) is 0.610. The minimum absolute atomic E-state index is 0.0225. The molecule has 9 heteroatoms. The average molecular weight is 442 g/mol. The molecule has 33 heavy (non-hydrogen) atoms. The van der Waals surface area contributed by atoms with E-state index in [0.29, 0.717) is 12.2 Å². The predicted octanol–water partition coefficient (Wildman–Crippen LogP) is 3.50. The van der Waals surface area contributed by atoms with Crippen molar-refractivity contribution in [2.75, 3.05) is 17.3 Å². The van der Waals surface area contributed by atoms with Crippen LogP contribution in [0.1, 0.15) is 48.1 Å². The summed E-state index contributed by atoms with van der Waals surface area (Å²) in [5.41, 5.74) is 3.96. The van der Waals surface area contributed by atoms with Crippen LogP contribution in [-0.2, 0) is 9.53 Å². The van der Waals surface area contributed by atoms with Crippen molar-refractivity contribution in [2.45, 2.75) is 32.4 Å². The van der Waals surface area contributed by atoms with Crippen LogP contribution in [-0.4, -0.2) is 40.0 Å². The number of aromatic nitrogens is 3. The van der Waals surface area contributed by atoms with E-state index in [-0.39, 0.29) is 29.4 Å². The predicted molar refractivity (Wildman–Crippen MR) is 121 cm³/mol. The van der Waals surface area contributed by atoms with Gasteiger partial charge < -0.3 is 15.0 Å². The first-order valence-corrected chi connectivity index (χ1v) is 10.4. The molecule has 3 aromatic rings. The van der Waals surface area contributed by atoms with Gasteiger partial charge in [-0.25, -0.2) is 19.7 Å². The van der Waals surface area contributed by atoms with Gasteiger partial charge in [0.15, 0.2) is 5.69 Å². The number of methoxy groups -OCH3 is 1. The van der Waals surface area contributed by atoms with E-state index in [1.807, 2.05) is 37.3 Å². The highest BCUT2D eigenvalue weighted by molar-refractivity contribution is 5.94. The molecule has 9 nitrogen and oxygen atoms in total. The summed E-state index contributed by atoms with van der Waals surface area (Å²) in [5.74, 6) is 0.0195. The van der Waals surface area contributed by atoms with Gasteiger partial charge in [-0.15, -0.1) is 0 Å². The number of hydrogen-bond acceptors (Lipinski definition) is 8. The molecule has 2 unspecified atom stereocenters. The third-order valence-corrected chi connectivity index (χ3v) is 5.60. The first-order chi connectivity index (χ1) is 15.9. The molecule has 1 aliphatic rings. The number of rotatable bonds is 4. The highest BCUT2D eigenvalue weighted by Crippen LogP contribution is 2.40. The van der Waals surface area contributed by atoms with Crippen molar-refractivity contribution in [3.63, 3.8) is 0 Å². The van der Waals surface area contributed by atoms with Crippen LogP contribution in [0.4, 0.5) is 11.5 Å². The first kappa shape index (κ1) is 21.9. The van der Waals surface area contributed by atoms with Crippen molar-refractivity contribution in [2.24, 2.45) is 0 Å². The van der Waals surface area contributed by atoms with Crippen LogP contribution in [0.15, 0.2) is 48.9 Å². The van der Waals surface area contributed by atoms with Crippen molar-refractivity contribution in [1.82, 2.24) is 15.0 Å². The van der Waals surface area contributed by atoms with Crippen LogP contribution in [0, 0.1) is 11.3 Å². The van der Waals surface area contributed by atoms with Crippen LogP contribution < -0.4 is 10.2 Å². The van der Waals surface area contributed by atoms with Crippen molar-refractivity contribution in [3.8, 4) is 17.2 Å². The number of fused-ring (bicyclic) bond motifs is 1. The summed E-state index contributed by atoms with van der Waals surface area (Å²) in [6.07, 6.45) is 5.23. The van der Waals surface area contributed by atoms with E-state index in [2.05, 4.69) is 20.3 Å². The maximum atomic E-state index is 12.4. The number of nitrogens with zero attached hydrogens (tertiary/aromatic N) is 5. The fourth-order valence-corrected chi connectivity index (χ4v) is 4.09. The number of carbonyl (C=O) groups is 2. The Bertz CT molecular complexity index is 1230. The number of anilines is 2. The molecule has 0 fully saturated rings. The Morgan fingerprint density at radius 3 is 2.52 bits per heavy atom. The van der Waals surface area contributed by atoms with Crippen LogP contribution in [0.5, 0.6) is 0 Å². The Morgan fingerprint density at radius 1 is 1.12 bits per heavy atom. The van der Waals surface area contributed by atoms with Crippen LogP contribution in [0.25, 0.3) is 11.1 Å². The number of hydrogen-bond donors (Lipinski definition) is 1. The van der Waals surface area contributed by atoms with Crippen molar-refractivity contribution in [3.05, 3.63) is 65.9 Å². The number of ether oxygens (including phenoxy) is 1. The Balaban J connectivity index is 1.72. The lowest BCUT2D eigenvalue weighted by Crippen LogP contribution is -2.43. The Hall–Kier alpha value is -4.32. The van der Waals surface area contributed by atoms with Gasteiger partial charge >= 0.3 is 5.97 Å². The van der Waals surface area contributed by atoms with Gasteiger partial charge in [0.1, 0.15) is 17.6 Å². The summed E-state index contributed by atoms with van der Waals surface area (Å²) in [5, 5.41) is 12.3. The molecule has 0 radical (unpaired) electrons. The van der Waals surface area contributed by atoms with E-state index in [4.69, 9.17) is 10.00 Å². The monoisotopic (exact) mass is 442 g/mol. The molecule has 2 aromatic heterocycles. The number of benzene rings is 1. The lowest BCUT2D eigenvalue weighted by Gasteiger charge is -2.39. The van der Waals surface area contributed by atoms with Gasteiger partial charge in [-0.1, -0.05) is 12.1 Å². The normalized spacial score (nSPS) is 17.0. The molecule has 0 saturated heterocycles. The molecule has 0 saturated carbocycles. The van der Waals surface area contributed by atoms with E-state index in [1.165, 1.54) is 19.5 Å². The lowest BCUT2D eigenvalue weighted by atomic mass is 9.89. The van der Waals surface area contributed by atoms with E-state index in [1.54, 1.807) is 24.1 Å². The third-order valence-electron chi connectivity index (χ3n) is 5.60. The van der Waals surface area contributed by atoms with Crippen LogP contribution in [0.2, 0.25) is 0 Å². The summed E-state index contributed by atoms with van der Waals surface area (Å²) >= 11 is 0. The Labute approximate surface area is 191 Å². The number of carbonyl (C=O) groups excluding carboxylic acids is 2. The van der Waals surface area contributed by atoms with Gasteiger partial charge in [0.25, 0.3) is 0 Å². The molecule has 166 valence electrons. The SMILES string of the molecule is COC(=O)c1ccc(-c2ccc3c(c2)C(Nc2cnc(C#N)cn2)CC(C)N3C(C)=O)cn1. The van der Waals surface area contributed by atoms with Gasteiger partial charge in [0.2, 0.25) is 5.91 Å². The topological polar surface area (TPSA) is 121 Å². The fourth-order valence-electron chi connectivity index (χ4n) is 4.09. The van der Waals surface area contributed by atoms with E-state index >= 15 is 0 Å². The molecule has 0 aliphatic carbocycles. The summed E-state index contributed by atoms with van der Waals surface area (Å²) in [6.45, 7) is 3.57. The molecular formula is C24H22N6O3. The zero-order valence-electron chi connectivity index (χ0n) is 18.4. The zero-order chi connectivity index (χ0) is 23.5. The highest BCUT2D eigenvalue weighted by atomic mass is 16.5. The molecule has 0 bridgehead atoms. The van der Waals surface area contributed by atoms with Crippen molar-refractivity contribution in [1.29, 1.82) is 5.26 Å². The average Bonchev–Trinajstić information content (AvgIpc) is 2.83. The van der Waals surface area contributed by atoms with Crippen LogP contribution >= 0.6 is 0 Å². The largest absolute Gasteiger partial charge is 0.464 e. The number of nitriles is 1. The minimum atomic E-state index is -0.495. The number of amides is 1. The standard InChI is InChI=1S/C24H22N6O3/c1-14-8-21(29-23-13-26-18(10-25)12-28-23)19-9-16(5-7-22(19)30(14)15(2)31)17-4-6-20(27-11-17)24(32)33-3/h4-7,9,11-14,21H,8H2,1-3H3,(H,28,29). The first-order valence-electron chi connectivity index (χ1n) is 10.4. The van der Waals surface area contributed by atoms with Gasteiger partial charge in [-0.05, 0) is 42.7 Å². The van der Waals surface area contributed by atoms with E-state index in [0.717, 1.165) is 22.4 Å².